The Balaban J connectivity index is 1.69. The molecule has 2 heterocycles. The Kier molecular flexibility index (Phi) is 5.37. The minimum absolute atomic E-state index is 0.105. The summed E-state index contributed by atoms with van der Waals surface area (Å²) in [6.45, 7) is 1.19. The van der Waals surface area contributed by atoms with Crippen LogP contribution in [0, 0.1) is 5.82 Å². The van der Waals surface area contributed by atoms with Crippen LogP contribution >= 0.6 is 0 Å². The molecule has 1 aliphatic heterocycles. The molecule has 2 aromatic rings. The lowest BCUT2D eigenvalue weighted by atomic mass is 10.0. The summed E-state index contributed by atoms with van der Waals surface area (Å²) in [5.74, 6) is 0.528. The molecule has 1 aliphatic rings. The number of pyridine rings is 1. The number of nitrogens with one attached hydrogen (secondary N) is 1. The van der Waals surface area contributed by atoms with E-state index in [1.165, 1.54) is 12.1 Å². The maximum atomic E-state index is 13.3. The second kappa shape index (κ2) is 7.70. The van der Waals surface area contributed by atoms with E-state index in [1.807, 2.05) is 0 Å². The van der Waals surface area contributed by atoms with Crippen molar-refractivity contribution in [1.82, 2.24) is 9.88 Å². The van der Waals surface area contributed by atoms with Gasteiger partial charge in [0.05, 0.1) is 12.1 Å². The summed E-state index contributed by atoms with van der Waals surface area (Å²) in [5.41, 5.74) is -0.0998. The molecule has 6 nitrogen and oxygen atoms in total. The number of halogens is 1. The third-order valence-electron chi connectivity index (χ3n) is 4.61. The molecule has 1 saturated heterocycles. The summed E-state index contributed by atoms with van der Waals surface area (Å²) in [4.78, 5) is 18.8. The van der Waals surface area contributed by atoms with Crippen molar-refractivity contribution in [2.75, 3.05) is 39.2 Å². The number of nitrogens with zero attached hydrogens (tertiary/aromatic N) is 2. The molecule has 7 heteroatoms. The molecular formula is C19H22FN3O3. The van der Waals surface area contributed by atoms with Crippen LogP contribution < -0.4 is 10.1 Å². The molecule has 1 unspecified atom stereocenters. The van der Waals surface area contributed by atoms with Gasteiger partial charge in [0.25, 0.3) is 5.91 Å². The number of carbonyl (C=O) groups excluding carboxylic acids is 1. The molecule has 0 aliphatic carbocycles. The van der Waals surface area contributed by atoms with Crippen molar-refractivity contribution < 1.29 is 18.7 Å². The average molecular weight is 359 g/mol. The van der Waals surface area contributed by atoms with Gasteiger partial charge in [0.2, 0.25) is 0 Å². The number of amides is 1. The minimum atomic E-state index is -0.621. The zero-order chi connectivity index (χ0) is 18.6. The number of benzene rings is 1. The minimum Gasteiger partial charge on any atom is -0.490 e. The van der Waals surface area contributed by atoms with Gasteiger partial charge in [-0.05, 0) is 30.7 Å². The van der Waals surface area contributed by atoms with Gasteiger partial charge in [-0.2, -0.15) is 0 Å². The van der Waals surface area contributed by atoms with Gasteiger partial charge in [-0.1, -0.05) is 6.07 Å². The lowest BCUT2D eigenvalue weighted by Crippen LogP contribution is -2.42. The molecule has 0 spiro atoms. The van der Waals surface area contributed by atoms with Gasteiger partial charge in [0, 0.05) is 33.0 Å². The molecule has 1 aromatic carbocycles. The van der Waals surface area contributed by atoms with Crippen LogP contribution in [0.1, 0.15) is 16.8 Å². The van der Waals surface area contributed by atoms with Gasteiger partial charge in [-0.3, -0.25) is 4.79 Å². The summed E-state index contributed by atoms with van der Waals surface area (Å²) < 4.78 is 24.7. The van der Waals surface area contributed by atoms with Crippen LogP contribution in [0.2, 0.25) is 0 Å². The summed E-state index contributed by atoms with van der Waals surface area (Å²) in [7, 11) is 3.33. The van der Waals surface area contributed by atoms with Crippen LogP contribution in [0.3, 0.4) is 0 Å². The van der Waals surface area contributed by atoms with Crippen LogP contribution in [0.5, 0.6) is 5.75 Å². The normalized spacial score (nSPS) is 19.4. The van der Waals surface area contributed by atoms with E-state index in [2.05, 4.69) is 10.3 Å². The highest BCUT2D eigenvalue weighted by Crippen LogP contribution is 2.28. The Morgan fingerprint density at radius 3 is 2.96 bits per heavy atom. The van der Waals surface area contributed by atoms with Crippen LogP contribution in [0.4, 0.5) is 10.2 Å². The fourth-order valence-electron chi connectivity index (χ4n) is 3.08. The summed E-state index contributed by atoms with van der Waals surface area (Å²) >= 11 is 0. The van der Waals surface area contributed by atoms with E-state index >= 15 is 0 Å². The standard InChI is InChI=1S/C19H22FN3O3/c1-21-17-16(7-4-9-22-17)18(24)23-10-8-19(12-23,25-2)13-26-15-6-3-5-14(20)11-15/h3-7,9,11H,8,10,12-13H2,1-2H3,(H,21,22). The van der Waals surface area contributed by atoms with Crippen LogP contribution in [-0.4, -0.2) is 55.2 Å². The summed E-state index contributed by atoms with van der Waals surface area (Å²) in [6.07, 6.45) is 2.28. The van der Waals surface area contributed by atoms with E-state index in [1.54, 1.807) is 49.5 Å². The van der Waals surface area contributed by atoms with Crippen molar-refractivity contribution >= 4 is 11.7 Å². The Morgan fingerprint density at radius 2 is 2.23 bits per heavy atom. The van der Waals surface area contributed by atoms with Crippen molar-refractivity contribution in [3.05, 3.63) is 54.0 Å². The second-order valence-electron chi connectivity index (χ2n) is 6.26. The highest BCUT2D eigenvalue weighted by atomic mass is 19.1. The molecule has 1 atom stereocenters. The maximum Gasteiger partial charge on any atom is 0.257 e. The average Bonchev–Trinajstić information content (AvgIpc) is 3.11. The van der Waals surface area contributed by atoms with Crippen molar-refractivity contribution in [3.63, 3.8) is 0 Å². The first-order valence-electron chi connectivity index (χ1n) is 8.42. The number of hydrogen-bond donors (Lipinski definition) is 1. The van der Waals surface area contributed by atoms with Gasteiger partial charge in [-0.15, -0.1) is 0 Å². The lowest BCUT2D eigenvalue weighted by molar-refractivity contribution is -0.0343. The number of hydrogen-bond acceptors (Lipinski definition) is 5. The summed E-state index contributed by atoms with van der Waals surface area (Å²) in [6, 6.07) is 9.46. The van der Waals surface area contributed by atoms with Crippen LogP contribution in [0.15, 0.2) is 42.6 Å². The second-order valence-corrected chi connectivity index (χ2v) is 6.26. The first-order valence-corrected chi connectivity index (χ1v) is 8.42. The highest BCUT2D eigenvalue weighted by Gasteiger charge is 2.41. The highest BCUT2D eigenvalue weighted by molar-refractivity contribution is 5.98. The van der Waals surface area contributed by atoms with E-state index < -0.39 is 5.60 Å². The van der Waals surface area contributed by atoms with E-state index in [4.69, 9.17) is 9.47 Å². The predicted molar refractivity (Wildman–Crippen MR) is 95.9 cm³/mol. The van der Waals surface area contributed by atoms with Gasteiger partial charge < -0.3 is 19.7 Å². The Morgan fingerprint density at radius 1 is 1.38 bits per heavy atom. The molecule has 26 heavy (non-hydrogen) atoms. The van der Waals surface area contributed by atoms with E-state index in [9.17, 15) is 9.18 Å². The number of ether oxygens (including phenoxy) is 2. The molecule has 138 valence electrons. The Bertz CT molecular complexity index is 786. The van der Waals surface area contributed by atoms with Crippen LogP contribution in [-0.2, 0) is 4.74 Å². The number of rotatable bonds is 6. The van der Waals surface area contributed by atoms with Gasteiger partial charge in [-0.25, -0.2) is 9.37 Å². The third kappa shape index (κ3) is 3.77. The molecule has 1 aromatic heterocycles. The number of carbonyl (C=O) groups is 1. The third-order valence-corrected chi connectivity index (χ3v) is 4.61. The first-order chi connectivity index (χ1) is 12.6. The molecule has 0 radical (unpaired) electrons. The number of aromatic nitrogens is 1. The van der Waals surface area contributed by atoms with Gasteiger partial charge in [0.1, 0.15) is 29.6 Å². The largest absolute Gasteiger partial charge is 0.490 e. The van der Waals surface area contributed by atoms with E-state index in [-0.39, 0.29) is 18.3 Å². The number of anilines is 1. The van der Waals surface area contributed by atoms with Crippen molar-refractivity contribution in [2.24, 2.45) is 0 Å². The number of methoxy groups -OCH3 is 1. The summed E-state index contributed by atoms with van der Waals surface area (Å²) in [5, 5.41) is 2.94. The molecule has 0 saturated carbocycles. The number of likely N-dealkylation sites (tertiary alicyclic amines) is 1. The lowest BCUT2D eigenvalue weighted by Gasteiger charge is -2.28. The molecule has 3 rings (SSSR count). The molecule has 0 bridgehead atoms. The SMILES string of the molecule is CNc1ncccc1C(=O)N1CCC(COc2cccc(F)c2)(OC)C1. The Hall–Kier alpha value is -2.67. The van der Waals surface area contributed by atoms with Gasteiger partial charge >= 0.3 is 0 Å². The Labute approximate surface area is 151 Å². The molecule has 1 N–H and O–H groups in total. The smallest absolute Gasteiger partial charge is 0.257 e. The van der Waals surface area contributed by atoms with E-state index in [0.29, 0.717) is 36.6 Å². The van der Waals surface area contributed by atoms with Crippen LogP contribution in [0.25, 0.3) is 0 Å². The van der Waals surface area contributed by atoms with Crippen molar-refractivity contribution in [3.8, 4) is 5.75 Å². The topological polar surface area (TPSA) is 63.7 Å². The first kappa shape index (κ1) is 18.1. The predicted octanol–water partition coefficient (Wildman–Crippen LogP) is 2.57. The van der Waals surface area contributed by atoms with Crippen molar-refractivity contribution in [2.45, 2.75) is 12.0 Å². The van der Waals surface area contributed by atoms with Gasteiger partial charge in [0.15, 0.2) is 0 Å². The monoisotopic (exact) mass is 359 g/mol. The van der Waals surface area contributed by atoms with E-state index in [0.717, 1.165) is 0 Å². The van der Waals surface area contributed by atoms with Crippen molar-refractivity contribution in [1.29, 1.82) is 0 Å². The molecular weight excluding hydrogens is 337 g/mol. The fourth-order valence-corrected chi connectivity index (χ4v) is 3.08. The fraction of sp³-hybridized carbons (Fsp3) is 0.368. The zero-order valence-electron chi connectivity index (χ0n) is 14.9. The molecule has 1 fully saturated rings. The quantitative estimate of drug-likeness (QED) is 0.859. The maximum absolute atomic E-state index is 13.3. The molecule has 1 amide bonds. The zero-order valence-corrected chi connectivity index (χ0v) is 14.9.